The van der Waals surface area contributed by atoms with E-state index in [1.165, 1.54) is 6.92 Å². The molecular weight excluding hydrogens is 452 g/mol. The topological polar surface area (TPSA) is 128 Å². The molecule has 0 radical (unpaired) electrons. The SMILES string of the molecule is CC(=O)NC1CON(C2(C(=O)OCC(=O)c3ccc(Br)cc3)CCC(=O)O2)C1=O. The third-order valence-corrected chi connectivity index (χ3v) is 4.87. The van der Waals surface area contributed by atoms with Crippen LogP contribution in [0, 0.1) is 0 Å². The minimum absolute atomic E-state index is 0.145. The zero-order valence-electron chi connectivity index (χ0n) is 15.3. The average Bonchev–Trinajstić information content (AvgIpc) is 3.24. The van der Waals surface area contributed by atoms with Gasteiger partial charge in [-0.05, 0) is 12.1 Å². The first-order valence-corrected chi connectivity index (χ1v) is 9.44. The Balaban J connectivity index is 1.73. The van der Waals surface area contributed by atoms with E-state index in [1.807, 2.05) is 0 Å². The molecule has 29 heavy (non-hydrogen) atoms. The number of nitrogens with zero attached hydrogens (tertiary/aromatic N) is 1. The number of hydroxylamine groups is 2. The van der Waals surface area contributed by atoms with Gasteiger partial charge in [0.2, 0.25) is 5.91 Å². The summed E-state index contributed by atoms with van der Waals surface area (Å²) in [7, 11) is 0. The van der Waals surface area contributed by atoms with Crippen LogP contribution < -0.4 is 5.32 Å². The molecule has 0 saturated carbocycles. The van der Waals surface area contributed by atoms with Gasteiger partial charge in [0, 0.05) is 23.4 Å². The Hall–Kier alpha value is -2.79. The quantitative estimate of drug-likeness (QED) is 0.471. The predicted octanol–water partition coefficient (Wildman–Crippen LogP) is 0.487. The number of nitrogens with one attached hydrogen (secondary N) is 1. The molecule has 0 spiro atoms. The molecule has 2 fully saturated rings. The van der Waals surface area contributed by atoms with Crippen LogP contribution in [0.15, 0.2) is 28.7 Å². The number of ether oxygens (including phenoxy) is 2. The van der Waals surface area contributed by atoms with Gasteiger partial charge in [0.25, 0.3) is 5.91 Å². The molecular formula is C18H17BrN2O8. The smallest absolute Gasteiger partial charge is 0.375 e. The minimum atomic E-state index is -2.14. The van der Waals surface area contributed by atoms with Crippen LogP contribution in [0.1, 0.15) is 30.1 Å². The lowest BCUT2D eigenvalue weighted by Gasteiger charge is -2.32. The van der Waals surface area contributed by atoms with E-state index in [0.717, 1.165) is 4.47 Å². The molecule has 1 aromatic rings. The second-order valence-corrected chi connectivity index (χ2v) is 7.36. The van der Waals surface area contributed by atoms with Crippen molar-refractivity contribution in [2.24, 2.45) is 0 Å². The van der Waals surface area contributed by atoms with Gasteiger partial charge in [0.15, 0.2) is 12.4 Å². The molecule has 2 amide bonds. The van der Waals surface area contributed by atoms with Gasteiger partial charge in [-0.15, -0.1) is 0 Å². The Morgan fingerprint density at radius 2 is 1.97 bits per heavy atom. The maximum Gasteiger partial charge on any atom is 0.375 e. The van der Waals surface area contributed by atoms with Crippen molar-refractivity contribution in [3.05, 3.63) is 34.3 Å². The number of ketones is 1. The summed E-state index contributed by atoms with van der Waals surface area (Å²) in [6, 6.07) is 5.40. The van der Waals surface area contributed by atoms with E-state index in [1.54, 1.807) is 24.3 Å². The van der Waals surface area contributed by atoms with Crippen LogP contribution in [-0.4, -0.2) is 59.6 Å². The summed E-state index contributed by atoms with van der Waals surface area (Å²) in [5.41, 5.74) is -1.82. The molecule has 0 aliphatic carbocycles. The number of carbonyl (C=O) groups is 5. The number of halogens is 1. The molecule has 154 valence electrons. The van der Waals surface area contributed by atoms with E-state index in [9.17, 15) is 24.0 Å². The molecule has 1 aromatic carbocycles. The molecule has 2 unspecified atom stereocenters. The number of benzene rings is 1. The molecule has 2 atom stereocenters. The van der Waals surface area contributed by atoms with Crippen LogP contribution in [-0.2, 0) is 33.5 Å². The van der Waals surface area contributed by atoms with Crippen LogP contribution in [0.3, 0.4) is 0 Å². The van der Waals surface area contributed by atoms with Crippen LogP contribution in [0.4, 0.5) is 0 Å². The highest BCUT2D eigenvalue weighted by Crippen LogP contribution is 2.35. The second kappa shape index (κ2) is 8.29. The fraction of sp³-hybridized carbons (Fsp3) is 0.389. The molecule has 0 bridgehead atoms. The first-order valence-electron chi connectivity index (χ1n) is 8.65. The molecule has 3 rings (SSSR count). The van der Waals surface area contributed by atoms with E-state index in [4.69, 9.17) is 14.3 Å². The van der Waals surface area contributed by atoms with Crippen molar-refractivity contribution in [2.45, 2.75) is 31.5 Å². The Kier molecular flexibility index (Phi) is 5.99. The molecule has 2 aliphatic rings. The minimum Gasteiger partial charge on any atom is -0.453 e. The summed E-state index contributed by atoms with van der Waals surface area (Å²) in [5, 5.41) is 3.00. The summed E-state index contributed by atoms with van der Waals surface area (Å²) in [6.45, 7) is 0.378. The van der Waals surface area contributed by atoms with E-state index in [0.29, 0.717) is 10.6 Å². The lowest BCUT2D eigenvalue weighted by atomic mass is 10.1. The number of esters is 2. The average molecular weight is 469 g/mol. The van der Waals surface area contributed by atoms with Gasteiger partial charge in [-0.25, -0.2) is 4.79 Å². The van der Waals surface area contributed by atoms with Crippen LogP contribution in [0.25, 0.3) is 0 Å². The van der Waals surface area contributed by atoms with E-state index in [-0.39, 0.29) is 19.4 Å². The second-order valence-electron chi connectivity index (χ2n) is 6.45. The zero-order chi connectivity index (χ0) is 21.2. The highest BCUT2D eigenvalue weighted by molar-refractivity contribution is 9.10. The number of cyclic esters (lactones) is 1. The Morgan fingerprint density at radius 1 is 1.28 bits per heavy atom. The maximum atomic E-state index is 12.7. The summed E-state index contributed by atoms with van der Waals surface area (Å²) >= 11 is 3.25. The van der Waals surface area contributed by atoms with E-state index in [2.05, 4.69) is 21.2 Å². The monoisotopic (exact) mass is 468 g/mol. The summed E-state index contributed by atoms with van der Waals surface area (Å²) in [6.07, 6.45) is -0.344. The highest BCUT2D eigenvalue weighted by Gasteiger charge is 2.60. The Labute approximate surface area is 173 Å². The summed E-state index contributed by atoms with van der Waals surface area (Å²) in [4.78, 5) is 65.7. The fourth-order valence-corrected chi connectivity index (χ4v) is 3.22. The summed E-state index contributed by atoms with van der Waals surface area (Å²) in [5.74, 6) is -3.53. The molecule has 0 aromatic heterocycles. The molecule has 2 aliphatic heterocycles. The highest BCUT2D eigenvalue weighted by atomic mass is 79.9. The third kappa shape index (κ3) is 4.30. The number of amides is 2. The summed E-state index contributed by atoms with van der Waals surface area (Å²) < 4.78 is 11.0. The van der Waals surface area contributed by atoms with Gasteiger partial charge in [-0.3, -0.25) is 24.0 Å². The van der Waals surface area contributed by atoms with Crippen molar-refractivity contribution < 1.29 is 38.3 Å². The largest absolute Gasteiger partial charge is 0.453 e. The molecule has 2 heterocycles. The molecule has 2 saturated heterocycles. The molecule has 1 N–H and O–H groups in total. The number of Topliss-reactive ketones (excluding diaryl/α,β-unsaturated/α-hetero) is 1. The van der Waals surface area contributed by atoms with Crippen molar-refractivity contribution >= 4 is 45.5 Å². The van der Waals surface area contributed by atoms with Crippen molar-refractivity contribution in [3.8, 4) is 0 Å². The van der Waals surface area contributed by atoms with Crippen molar-refractivity contribution in [2.75, 3.05) is 13.2 Å². The Morgan fingerprint density at radius 3 is 2.55 bits per heavy atom. The van der Waals surface area contributed by atoms with Gasteiger partial charge in [-0.2, -0.15) is 5.06 Å². The van der Waals surface area contributed by atoms with Gasteiger partial charge < -0.3 is 14.8 Å². The predicted molar refractivity (Wildman–Crippen MR) is 97.9 cm³/mol. The first kappa shape index (κ1) is 20.9. The molecule has 10 nitrogen and oxygen atoms in total. The number of rotatable bonds is 6. The zero-order valence-corrected chi connectivity index (χ0v) is 16.9. The van der Waals surface area contributed by atoms with Crippen LogP contribution in [0.2, 0.25) is 0 Å². The van der Waals surface area contributed by atoms with Crippen LogP contribution in [0.5, 0.6) is 0 Å². The fourth-order valence-electron chi connectivity index (χ4n) is 2.95. The number of hydrogen-bond acceptors (Lipinski definition) is 8. The van der Waals surface area contributed by atoms with Crippen molar-refractivity contribution in [3.63, 3.8) is 0 Å². The third-order valence-electron chi connectivity index (χ3n) is 4.34. The Bertz CT molecular complexity index is 871. The van der Waals surface area contributed by atoms with Gasteiger partial charge in [-0.1, -0.05) is 28.1 Å². The molecule has 11 heteroatoms. The number of hydrogen-bond donors (Lipinski definition) is 1. The lowest BCUT2D eigenvalue weighted by molar-refractivity contribution is -0.258. The first-order chi connectivity index (χ1) is 13.7. The van der Waals surface area contributed by atoms with Crippen molar-refractivity contribution in [1.29, 1.82) is 0 Å². The standard InChI is InChI=1S/C18H17BrN2O8/c1-10(22)20-13-8-28-21(16(13)25)18(7-6-15(24)29-18)17(26)27-9-14(23)11-2-4-12(19)5-3-11/h2-5,13H,6-9H2,1H3,(H,20,22). The van der Waals surface area contributed by atoms with E-state index < -0.39 is 47.9 Å². The normalized spacial score (nSPS) is 23.7. The number of carbonyl (C=O) groups excluding carboxylic acids is 5. The van der Waals surface area contributed by atoms with Crippen LogP contribution >= 0.6 is 15.9 Å². The van der Waals surface area contributed by atoms with Gasteiger partial charge in [0.05, 0.1) is 6.42 Å². The van der Waals surface area contributed by atoms with Crippen molar-refractivity contribution in [1.82, 2.24) is 10.4 Å². The maximum absolute atomic E-state index is 12.7. The van der Waals surface area contributed by atoms with E-state index >= 15 is 0 Å². The van der Waals surface area contributed by atoms with Gasteiger partial charge >= 0.3 is 17.7 Å². The van der Waals surface area contributed by atoms with Gasteiger partial charge in [0.1, 0.15) is 12.6 Å². The lowest BCUT2D eigenvalue weighted by Crippen LogP contribution is -2.57.